The zero-order valence-electron chi connectivity index (χ0n) is 21.1. The molecule has 0 bridgehead atoms. The topological polar surface area (TPSA) is 208 Å². The number of nitrogens with zero attached hydrogens (tertiary/aromatic N) is 2. The summed E-state index contributed by atoms with van der Waals surface area (Å²) in [6, 6.07) is 9.11. The number of benzene rings is 1. The van der Waals surface area contributed by atoms with Crippen LogP contribution >= 0.6 is 7.82 Å². The van der Waals surface area contributed by atoms with E-state index in [1.165, 1.54) is 19.2 Å². The number of nitrogens with one attached hydrogen (secondary N) is 1. The highest BCUT2D eigenvalue weighted by Gasteiger charge is 2.41. The zero-order valence-corrected chi connectivity index (χ0v) is 22.0. The molecule has 1 amide bonds. The number of carbonyl (C=O) groups excluding carboxylic acids is 3. The van der Waals surface area contributed by atoms with E-state index in [1.807, 2.05) is 6.07 Å². The van der Waals surface area contributed by atoms with Gasteiger partial charge in [0.15, 0.2) is 0 Å². The van der Waals surface area contributed by atoms with E-state index in [1.54, 1.807) is 24.3 Å². The first-order chi connectivity index (χ1) is 18.5. The molecule has 1 unspecified atom stereocenters. The Hall–Kier alpha value is -3.46. The van der Waals surface area contributed by atoms with E-state index in [2.05, 4.69) is 15.0 Å². The van der Waals surface area contributed by atoms with Crippen molar-refractivity contribution in [3.05, 3.63) is 58.6 Å². The first-order valence-electron chi connectivity index (χ1n) is 11.7. The minimum atomic E-state index is -4.69. The van der Waals surface area contributed by atoms with Crippen molar-refractivity contribution in [3.8, 4) is 0 Å². The molecule has 2 heterocycles. The zero-order chi connectivity index (χ0) is 28.6. The highest BCUT2D eigenvalue weighted by atomic mass is 31.2. The van der Waals surface area contributed by atoms with Crippen LogP contribution in [0.15, 0.2) is 47.4 Å². The Morgan fingerprint density at radius 2 is 1.97 bits per heavy atom. The summed E-state index contributed by atoms with van der Waals surface area (Å²) in [7, 11) is -3.59. The number of nitrogens with two attached hydrogens (primary N) is 1. The van der Waals surface area contributed by atoms with Crippen LogP contribution in [0.5, 0.6) is 0 Å². The van der Waals surface area contributed by atoms with E-state index in [4.69, 9.17) is 24.3 Å². The first-order valence-corrected chi connectivity index (χ1v) is 13.2. The fourth-order valence-corrected chi connectivity index (χ4v) is 4.39. The van der Waals surface area contributed by atoms with Crippen molar-refractivity contribution in [1.82, 2.24) is 9.55 Å². The molecule has 3 rings (SSSR count). The van der Waals surface area contributed by atoms with Gasteiger partial charge in [-0.15, -0.1) is 0 Å². The normalized spacial score (nSPS) is 21.0. The SMILES string of the molecule is COC(=O)[C@@H](N)COP(=O)(O)OC[C@H]1O[C@@H](n2ccc(NC(=O)Cc3ccccc3)nc2=O)C[C@@H]1OC(C)=O. The van der Waals surface area contributed by atoms with Gasteiger partial charge in [-0.2, -0.15) is 4.98 Å². The van der Waals surface area contributed by atoms with Gasteiger partial charge >= 0.3 is 25.5 Å². The Balaban J connectivity index is 1.62. The lowest BCUT2D eigenvalue weighted by Crippen LogP contribution is -2.36. The molecule has 5 atom stereocenters. The smallest absolute Gasteiger partial charge is 0.468 e. The maximum absolute atomic E-state index is 12.7. The quantitative estimate of drug-likeness (QED) is 0.232. The molecule has 1 aromatic carbocycles. The lowest BCUT2D eigenvalue weighted by molar-refractivity contribution is -0.150. The van der Waals surface area contributed by atoms with Gasteiger partial charge in [-0.3, -0.25) is 28.0 Å². The molecular weight excluding hydrogens is 539 g/mol. The number of esters is 2. The third-order valence-corrected chi connectivity index (χ3v) is 6.39. The lowest BCUT2D eigenvalue weighted by Gasteiger charge is -2.20. The molecule has 15 nitrogen and oxygen atoms in total. The third kappa shape index (κ3) is 9.06. The van der Waals surface area contributed by atoms with Crippen molar-refractivity contribution in [3.63, 3.8) is 0 Å². The lowest BCUT2D eigenvalue weighted by atomic mass is 10.1. The number of aromatic nitrogens is 2. The number of ether oxygens (including phenoxy) is 3. The van der Waals surface area contributed by atoms with Crippen LogP contribution in [0.3, 0.4) is 0 Å². The largest absolute Gasteiger partial charge is 0.472 e. The highest BCUT2D eigenvalue weighted by molar-refractivity contribution is 7.47. The van der Waals surface area contributed by atoms with Crippen molar-refractivity contribution < 1.29 is 47.1 Å². The molecule has 1 fully saturated rings. The second-order valence-electron chi connectivity index (χ2n) is 8.42. The van der Waals surface area contributed by atoms with E-state index >= 15 is 0 Å². The van der Waals surface area contributed by atoms with Crippen molar-refractivity contribution in [1.29, 1.82) is 0 Å². The Morgan fingerprint density at radius 1 is 1.26 bits per heavy atom. The minimum absolute atomic E-state index is 0.00128. The number of carbonyl (C=O) groups is 3. The molecule has 0 radical (unpaired) electrons. The Labute approximate surface area is 222 Å². The summed E-state index contributed by atoms with van der Waals surface area (Å²) in [5.41, 5.74) is 5.50. The van der Waals surface area contributed by atoms with Crippen LogP contribution in [0, 0.1) is 0 Å². The third-order valence-electron chi connectivity index (χ3n) is 5.44. The van der Waals surface area contributed by atoms with Gasteiger partial charge in [0.1, 0.15) is 30.3 Å². The van der Waals surface area contributed by atoms with Crippen molar-refractivity contribution in [2.24, 2.45) is 5.73 Å². The van der Waals surface area contributed by atoms with E-state index in [0.717, 1.165) is 17.2 Å². The van der Waals surface area contributed by atoms with Gasteiger partial charge in [0.25, 0.3) is 0 Å². The van der Waals surface area contributed by atoms with Gasteiger partial charge < -0.3 is 30.2 Å². The first kappa shape index (κ1) is 30.1. The summed E-state index contributed by atoms with van der Waals surface area (Å²) in [5, 5.41) is 2.56. The van der Waals surface area contributed by atoms with Crippen LogP contribution in [0.2, 0.25) is 0 Å². The molecule has 1 aliphatic heterocycles. The molecule has 16 heteroatoms. The van der Waals surface area contributed by atoms with Crippen LogP contribution in [-0.4, -0.2) is 70.9 Å². The number of anilines is 1. The van der Waals surface area contributed by atoms with Gasteiger partial charge in [-0.25, -0.2) is 9.36 Å². The molecular formula is C23H29N4O11P. The summed E-state index contributed by atoms with van der Waals surface area (Å²) in [6.07, 6.45) is -1.53. The van der Waals surface area contributed by atoms with Gasteiger partial charge in [0.05, 0.1) is 26.7 Å². The molecule has 4 N–H and O–H groups in total. The van der Waals surface area contributed by atoms with Crippen molar-refractivity contribution >= 4 is 31.5 Å². The minimum Gasteiger partial charge on any atom is -0.468 e. The standard InChI is InChI=1S/C23H29N4O11P/c1-14(28)37-17-11-21(38-18(17)13-36-39(32,33)35-12-16(24)22(30)34-2)27-9-8-19(26-23(27)31)25-20(29)10-15-6-4-3-5-7-15/h3-9,16-18,21H,10-13,24H2,1-2H3,(H,32,33)(H,25,26,29,31)/t16-,17-,18+,21+/m0/s1. The van der Waals surface area contributed by atoms with Gasteiger partial charge in [-0.1, -0.05) is 30.3 Å². The fraction of sp³-hybridized carbons (Fsp3) is 0.435. The van der Waals surface area contributed by atoms with E-state index in [-0.39, 0.29) is 24.6 Å². The monoisotopic (exact) mass is 568 g/mol. The fourth-order valence-electron chi connectivity index (χ4n) is 3.63. The number of amides is 1. The Kier molecular flexibility index (Phi) is 10.5. The van der Waals surface area contributed by atoms with E-state index < -0.39 is 63.1 Å². The number of phosphoric ester groups is 1. The summed E-state index contributed by atoms with van der Waals surface area (Å²) < 4.78 is 38.4. The number of hydrogen-bond acceptors (Lipinski definition) is 12. The average molecular weight is 568 g/mol. The maximum atomic E-state index is 12.7. The molecule has 0 aliphatic carbocycles. The molecule has 0 spiro atoms. The molecule has 1 aliphatic rings. The van der Waals surface area contributed by atoms with Gasteiger partial charge in [0, 0.05) is 19.5 Å². The molecule has 1 aromatic heterocycles. The van der Waals surface area contributed by atoms with Crippen molar-refractivity contribution in [2.45, 2.75) is 44.2 Å². The maximum Gasteiger partial charge on any atom is 0.472 e. The summed E-state index contributed by atoms with van der Waals surface area (Å²) in [5.74, 6) is -1.83. The highest BCUT2D eigenvalue weighted by Crippen LogP contribution is 2.44. The van der Waals surface area contributed by atoms with Crippen LogP contribution in [0.25, 0.3) is 0 Å². The number of methoxy groups -OCH3 is 1. The molecule has 1 saturated heterocycles. The summed E-state index contributed by atoms with van der Waals surface area (Å²) in [6.45, 7) is -0.0527. The number of hydrogen-bond donors (Lipinski definition) is 3. The molecule has 0 saturated carbocycles. The Bertz CT molecular complexity index is 1270. The summed E-state index contributed by atoms with van der Waals surface area (Å²) >= 11 is 0. The number of phosphoric acid groups is 1. The second kappa shape index (κ2) is 13.6. The van der Waals surface area contributed by atoms with Crippen LogP contribution in [-0.2, 0) is 48.6 Å². The van der Waals surface area contributed by atoms with Crippen LogP contribution in [0.1, 0.15) is 25.1 Å². The molecule has 2 aromatic rings. The molecule has 212 valence electrons. The average Bonchev–Trinajstić information content (AvgIpc) is 3.27. The Morgan fingerprint density at radius 3 is 2.62 bits per heavy atom. The molecule has 39 heavy (non-hydrogen) atoms. The predicted molar refractivity (Wildman–Crippen MR) is 133 cm³/mol. The van der Waals surface area contributed by atoms with Crippen LogP contribution < -0.4 is 16.7 Å². The van der Waals surface area contributed by atoms with E-state index in [0.29, 0.717) is 0 Å². The second-order valence-corrected chi connectivity index (χ2v) is 9.87. The van der Waals surface area contributed by atoms with E-state index in [9.17, 15) is 28.6 Å². The van der Waals surface area contributed by atoms with Gasteiger partial charge in [-0.05, 0) is 11.6 Å². The van der Waals surface area contributed by atoms with Gasteiger partial charge in [0.2, 0.25) is 5.91 Å². The predicted octanol–water partition coefficient (Wildman–Crippen LogP) is 0.278. The van der Waals surface area contributed by atoms with Crippen molar-refractivity contribution in [2.75, 3.05) is 25.6 Å². The van der Waals surface area contributed by atoms with Crippen LogP contribution in [0.4, 0.5) is 5.82 Å². The number of rotatable bonds is 12. The summed E-state index contributed by atoms with van der Waals surface area (Å²) in [4.78, 5) is 61.6.